The lowest BCUT2D eigenvalue weighted by Gasteiger charge is -2.19. The maximum Gasteiger partial charge on any atom is 0.321 e. The molecule has 0 saturated carbocycles. The van der Waals surface area contributed by atoms with Crippen molar-refractivity contribution >= 4 is 11.7 Å². The second-order valence-electron chi connectivity index (χ2n) is 3.01. The minimum atomic E-state index is -0.165. The molecule has 0 aliphatic carbocycles. The molecular formula is C11H16N2O2. The van der Waals surface area contributed by atoms with Gasteiger partial charge in [-0.25, -0.2) is 4.79 Å². The van der Waals surface area contributed by atoms with Crippen molar-refractivity contribution in [1.82, 2.24) is 5.32 Å². The third-order valence-corrected chi connectivity index (χ3v) is 2.04. The molecule has 0 radical (unpaired) electrons. The van der Waals surface area contributed by atoms with Crippen LogP contribution in [0.15, 0.2) is 24.3 Å². The molecule has 15 heavy (non-hydrogen) atoms. The fourth-order valence-corrected chi connectivity index (χ4v) is 1.29. The Balaban J connectivity index is 2.96. The summed E-state index contributed by atoms with van der Waals surface area (Å²) in [6.45, 7) is 2.50. The van der Waals surface area contributed by atoms with Gasteiger partial charge in [0, 0.05) is 14.1 Å². The summed E-state index contributed by atoms with van der Waals surface area (Å²) in [4.78, 5) is 12.9. The van der Waals surface area contributed by atoms with Crippen molar-refractivity contribution in [2.24, 2.45) is 0 Å². The van der Waals surface area contributed by atoms with Crippen LogP contribution in [0.5, 0.6) is 5.75 Å². The van der Waals surface area contributed by atoms with Gasteiger partial charge in [0.25, 0.3) is 0 Å². The summed E-state index contributed by atoms with van der Waals surface area (Å²) < 4.78 is 5.43. The van der Waals surface area contributed by atoms with E-state index in [1.165, 1.54) is 4.90 Å². The maximum atomic E-state index is 11.4. The summed E-state index contributed by atoms with van der Waals surface area (Å²) in [5.74, 6) is 0.714. The van der Waals surface area contributed by atoms with Crippen molar-refractivity contribution in [3.63, 3.8) is 0 Å². The number of rotatable bonds is 3. The molecule has 0 unspecified atom stereocenters. The third kappa shape index (κ3) is 2.62. The van der Waals surface area contributed by atoms with Crippen LogP contribution in [0, 0.1) is 0 Å². The molecule has 0 atom stereocenters. The number of urea groups is 1. The monoisotopic (exact) mass is 208 g/mol. The second-order valence-corrected chi connectivity index (χ2v) is 3.01. The molecule has 0 spiro atoms. The van der Waals surface area contributed by atoms with Crippen molar-refractivity contribution in [2.45, 2.75) is 6.92 Å². The van der Waals surface area contributed by atoms with Gasteiger partial charge in [-0.1, -0.05) is 12.1 Å². The highest BCUT2D eigenvalue weighted by Gasteiger charge is 2.12. The van der Waals surface area contributed by atoms with E-state index < -0.39 is 0 Å². The molecule has 1 rings (SSSR count). The maximum absolute atomic E-state index is 11.4. The van der Waals surface area contributed by atoms with Gasteiger partial charge in [0.1, 0.15) is 5.75 Å². The summed E-state index contributed by atoms with van der Waals surface area (Å²) >= 11 is 0. The zero-order valence-corrected chi connectivity index (χ0v) is 9.28. The predicted octanol–water partition coefficient (Wildman–Crippen LogP) is 1.86. The number of benzene rings is 1. The number of anilines is 1. The van der Waals surface area contributed by atoms with E-state index in [2.05, 4.69) is 5.32 Å². The number of hydrogen-bond donors (Lipinski definition) is 1. The second kappa shape index (κ2) is 5.24. The largest absolute Gasteiger partial charge is 0.492 e. The van der Waals surface area contributed by atoms with E-state index in [1.54, 1.807) is 14.1 Å². The van der Waals surface area contributed by atoms with Crippen LogP contribution in [-0.2, 0) is 0 Å². The van der Waals surface area contributed by atoms with Gasteiger partial charge in [0.05, 0.1) is 12.3 Å². The van der Waals surface area contributed by atoms with Gasteiger partial charge in [-0.05, 0) is 19.1 Å². The Kier molecular flexibility index (Phi) is 3.97. The van der Waals surface area contributed by atoms with E-state index in [9.17, 15) is 4.79 Å². The van der Waals surface area contributed by atoms with Gasteiger partial charge in [0.2, 0.25) is 0 Å². The number of amides is 2. The molecule has 0 fully saturated rings. The van der Waals surface area contributed by atoms with Crippen LogP contribution in [0.25, 0.3) is 0 Å². The first-order valence-corrected chi connectivity index (χ1v) is 4.88. The predicted molar refractivity (Wildman–Crippen MR) is 60.5 cm³/mol. The Hall–Kier alpha value is -1.71. The average molecular weight is 208 g/mol. The molecule has 0 heterocycles. The van der Waals surface area contributed by atoms with E-state index in [-0.39, 0.29) is 6.03 Å². The fourth-order valence-electron chi connectivity index (χ4n) is 1.29. The SMILES string of the molecule is CCOc1ccccc1N(C)C(=O)NC. The summed E-state index contributed by atoms with van der Waals surface area (Å²) in [5.41, 5.74) is 0.763. The molecule has 4 nitrogen and oxygen atoms in total. The van der Waals surface area contributed by atoms with Crippen LogP contribution < -0.4 is 15.0 Å². The first kappa shape index (κ1) is 11.4. The molecule has 0 aromatic heterocycles. The molecule has 4 heteroatoms. The Labute approximate surface area is 89.8 Å². The van der Waals surface area contributed by atoms with E-state index in [4.69, 9.17) is 4.74 Å². The normalized spacial score (nSPS) is 9.53. The topological polar surface area (TPSA) is 41.6 Å². The molecular weight excluding hydrogens is 192 g/mol. The number of nitrogens with one attached hydrogen (secondary N) is 1. The van der Waals surface area contributed by atoms with Crippen LogP contribution >= 0.6 is 0 Å². The van der Waals surface area contributed by atoms with Crippen LogP contribution in [-0.4, -0.2) is 26.7 Å². The number of ether oxygens (including phenoxy) is 1. The highest BCUT2D eigenvalue weighted by molar-refractivity contribution is 5.92. The lowest BCUT2D eigenvalue weighted by molar-refractivity contribution is 0.249. The molecule has 0 aliphatic rings. The van der Waals surface area contributed by atoms with Crippen LogP contribution in [0.2, 0.25) is 0 Å². The average Bonchev–Trinajstić information content (AvgIpc) is 2.28. The minimum Gasteiger partial charge on any atom is -0.492 e. The number of nitrogens with zero attached hydrogens (tertiary/aromatic N) is 1. The van der Waals surface area contributed by atoms with E-state index in [0.29, 0.717) is 12.4 Å². The van der Waals surface area contributed by atoms with Crippen molar-refractivity contribution in [3.8, 4) is 5.75 Å². The van der Waals surface area contributed by atoms with Gasteiger partial charge >= 0.3 is 6.03 Å². The smallest absolute Gasteiger partial charge is 0.321 e. The molecule has 1 aromatic carbocycles. The summed E-state index contributed by atoms with van der Waals surface area (Å²) in [5, 5.41) is 2.56. The van der Waals surface area contributed by atoms with Crippen LogP contribution in [0.4, 0.5) is 10.5 Å². The van der Waals surface area contributed by atoms with Crippen molar-refractivity contribution in [3.05, 3.63) is 24.3 Å². The van der Waals surface area contributed by atoms with Gasteiger partial charge < -0.3 is 10.1 Å². The first-order valence-electron chi connectivity index (χ1n) is 4.88. The Morgan fingerprint density at radius 1 is 1.47 bits per heavy atom. The standard InChI is InChI=1S/C11H16N2O2/c1-4-15-10-8-6-5-7-9(10)13(3)11(14)12-2/h5-8H,4H2,1-3H3,(H,12,14). The summed E-state index contributed by atoms with van der Waals surface area (Å²) in [6, 6.07) is 7.28. The van der Waals surface area contributed by atoms with E-state index >= 15 is 0 Å². The van der Waals surface area contributed by atoms with Crippen molar-refractivity contribution in [2.75, 3.05) is 25.6 Å². The lowest BCUT2D eigenvalue weighted by Crippen LogP contribution is -2.35. The van der Waals surface area contributed by atoms with E-state index in [0.717, 1.165) is 5.69 Å². The first-order chi connectivity index (χ1) is 7.20. The Bertz CT molecular complexity index is 339. The number of carbonyl (C=O) groups is 1. The summed E-state index contributed by atoms with van der Waals surface area (Å²) in [6.07, 6.45) is 0. The molecule has 0 saturated heterocycles. The molecule has 0 aliphatic heterocycles. The van der Waals surface area contributed by atoms with Gasteiger partial charge in [-0.15, -0.1) is 0 Å². The van der Waals surface area contributed by atoms with Crippen molar-refractivity contribution < 1.29 is 9.53 Å². The molecule has 1 aromatic rings. The minimum absolute atomic E-state index is 0.165. The quantitative estimate of drug-likeness (QED) is 0.823. The van der Waals surface area contributed by atoms with Gasteiger partial charge in [-0.2, -0.15) is 0 Å². The van der Waals surface area contributed by atoms with Crippen molar-refractivity contribution in [1.29, 1.82) is 0 Å². The lowest BCUT2D eigenvalue weighted by atomic mass is 10.3. The Morgan fingerprint density at radius 2 is 2.13 bits per heavy atom. The zero-order chi connectivity index (χ0) is 11.3. The fraction of sp³-hybridized carbons (Fsp3) is 0.364. The highest BCUT2D eigenvalue weighted by Crippen LogP contribution is 2.26. The Morgan fingerprint density at radius 3 is 2.73 bits per heavy atom. The van der Waals surface area contributed by atoms with Gasteiger partial charge in [0.15, 0.2) is 0 Å². The number of hydrogen-bond acceptors (Lipinski definition) is 2. The van der Waals surface area contributed by atoms with E-state index in [1.807, 2.05) is 31.2 Å². The molecule has 82 valence electrons. The molecule has 0 bridgehead atoms. The highest BCUT2D eigenvalue weighted by atomic mass is 16.5. The molecule has 1 N–H and O–H groups in total. The zero-order valence-electron chi connectivity index (χ0n) is 9.28. The van der Waals surface area contributed by atoms with Crippen LogP contribution in [0.3, 0.4) is 0 Å². The summed E-state index contributed by atoms with van der Waals surface area (Å²) in [7, 11) is 3.30. The van der Waals surface area contributed by atoms with Crippen LogP contribution in [0.1, 0.15) is 6.92 Å². The number of carbonyl (C=O) groups excluding carboxylic acids is 1. The molecule has 2 amide bonds. The number of para-hydroxylation sites is 2. The van der Waals surface area contributed by atoms with Gasteiger partial charge in [-0.3, -0.25) is 4.90 Å². The third-order valence-electron chi connectivity index (χ3n) is 2.04.